The maximum atomic E-state index is 13.1. The van der Waals surface area contributed by atoms with Gasteiger partial charge in [-0.15, -0.1) is 0 Å². The van der Waals surface area contributed by atoms with Crippen LogP contribution in [-0.2, 0) is 65.4 Å². The Kier molecular flexibility index (Phi) is 68.7. The molecule has 17 nitrogen and oxygen atoms in total. The molecule has 0 aliphatic heterocycles. The summed E-state index contributed by atoms with van der Waals surface area (Å²) in [7, 11) is -9.91. The van der Waals surface area contributed by atoms with E-state index in [1.807, 2.05) is 0 Å². The van der Waals surface area contributed by atoms with Gasteiger partial charge in [0.05, 0.1) is 26.4 Å². The number of hydrogen-bond acceptors (Lipinski definition) is 15. The number of phosphoric ester groups is 2. The van der Waals surface area contributed by atoms with Crippen LogP contribution in [0.4, 0.5) is 0 Å². The molecule has 0 saturated heterocycles. The Bertz CT molecular complexity index is 1840. The predicted molar refractivity (Wildman–Crippen MR) is 391 cm³/mol. The summed E-state index contributed by atoms with van der Waals surface area (Å²) >= 11 is 0. The van der Waals surface area contributed by atoms with Crippen molar-refractivity contribution < 1.29 is 80.2 Å². The Hall–Kier alpha value is -1.94. The Labute approximate surface area is 588 Å². The quantitative estimate of drug-likeness (QED) is 0.0222. The first-order chi connectivity index (χ1) is 46.5. The van der Waals surface area contributed by atoms with Gasteiger partial charge in [0.1, 0.15) is 19.3 Å². The van der Waals surface area contributed by atoms with Gasteiger partial charge in [-0.25, -0.2) is 9.13 Å². The second-order valence-corrected chi connectivity index (χ2v) is 31.1. The lowest BCUT2D eigenvalue weighted by Gasteiger charge is -2.21. The molecule has 0 aliphatic rings. The smallest absolute Gasteiger partial charge is 0.462 e. The van der Waals surface area contributed by atoms with Crippen molar-refractivity contribution in [2.75, 3.05) is 39.6 Å². The van der Waals surface area contributed by atoms with E-state index in [1.165, 1.54) is 225 Å². The molecule has 96 heavy (non-hydrogen) atoms. The van der Waals surface area contributed by atoms with E-state index in [0.717, 1.165) is 96.3 Å². The molecule has 3 N–H and O–H groups in total. The van der Waals surface area contributed by atoms with Crippen LogP contribution in [0.25, 0.3) is 0 Å². The number of phosphoric acid groups is 2. The molecule has 0 rings (SSSR count). The molecule has 0 spiro atoms. The average Bonchev–Trinajstić information content (AvgIpc) is 1.97. The van der Waals surface area contributed by atoms with E-state index >= 15 is 0 Å². The fraction of sp³-hybridized carbons (Fsp3) is 0.948. The van der Waals surface area contributed by atoms with Gasteiger partial charge in [0.25, 0.3) is 0 Å². The molecule has 0 amide bonds. The summed E-state index contributed by atoms with van der Waals surface area (Å²) in [6.45, 7) is 7.23. The minimum absolute atomic E-state index is 0.107. The van der Waals surface area contributed by atoms with Crippen molar-refractivity contribution in [1.82, 2.24) is 0 Å². The van der Waals surface area contributed by atoms with Crippen molar-refractivity contribution in [3.8, 4) is 0 Å². The van der Waals surface area contributed by atoms with Crippen LogP contribution in [0.5, 0.6) is 0 Å². The number of rotatable bonds is 77. The predicted octanol–water partition coefficient (Wildman–Crippen LogP) is 22.9. The Balaban J connectivity index is 5.17. The molecular formula is C77H150O17P2. The summed E-state index contributed by atoms with van der Waals surface area (Å²) in [4.78, 5) is 72.8. The normalized spacial score (nSPS) is 13.9. The Morgan fingerprint density at radius 1 is 0.281 bits per heavy atom. The summed E-state index contributed by atoms with van der Waals surface area (Å²) in [5.74, 6) is -1.41. The van der Waals surface area contributed by atoms with Crippen LogP contribution in [0.2, 0.25) is 0 Å². The van der Waals surface area contributed by atoms with E-state index in [2.05, 4.69) is 34.6 Å². The highest BCUT2D eigenvalue weighted by atomic mass is 31.2. The highest BCUT2D eigenvalue weighted by Crippen LogP contribution is 2.45. The first kappa shape index (κ1) is 94.1. The summed E-state index contributed by atoms with van der Waals surface area (Å²) < 4.78 is 68.5. The Morgan fingerprint density at radius 2 is 0.479 bits per heavy atom. The van der Waals surface area contributed by atoms with Crippen LogP contribution in [0, 0.1) is 5.92 Å². The number of unbranched alkanes of at least 4 members (excludes halogenated alkanes) is 49. The maximum Gasteiger partial charge on any atom is 0.472 e. The van der Waals surface area contributed by atoms with Crippen LogP contribution in [0.3, 0.4) is 0 Å². The summed E-state index contributed by atoms with van der Waals surface area (Å²) in [6.07, 6.45) is 59.8. The molecule has 0 aromatic heterocycles. The van der Waals surface area contributed by atoms with Gasteiger partial charge in [-0.3, -0.25) is 37.3 Å². The van der Waals surface area contributed by atoms with E-state index in [4.69, 9.17) is 37.0 Å². The molecule has 0 heterocycles. The number of ether oxygens (including phenoxy) is 4. The van der Waals surface area contributed by atoms with E-state index in [0.29, 0.717) is 31.6 Å². The molecule has 0 aromatic carbocycles. The molecule has 0 bridgehead atoms. The van der Waals surface area contributed by atoms with Crippen molar-refractivity contribution in [2.45, 2.75) is 425 Å². The number of carbonyl (C=O) groups is 4. The number of hydrogen-bond donors (Lipinski definition) is 3. The summed E-state index contributed by atoms with van der Waals surface area (Å²) in [5.41, 5.74) is 0. The number of carbonyl (C=O) groups excluding carboxylic acids is 4. The summed E-state index contributed by atoms with van der Waals surface area (Å²) in [6, 6.07) is 0. The van der Waals surface area contributed by atoms with Crippen LogP contribution in [0.15, 0.2) is 0 Å². The lowest BCUT2D eigenvalue weighted by molar-refractivity contribution is -0.161. The van der Waals surface area contributed by atoms with E-state index in [-0.39, 0.29) is 25.7 Å². The average molecular weight is 1410 g/mol. The number of aliphatic hydroxyl groups is 1. The summed E-state index contributed by atoms with van der Waals surface area (Å²) in [5, 5.41) is 10.6. The van der Waals surface area contributed by atoms with Crippen molar-refractivity contribution in [3.63, 3.8) is 0 Å². The van der Waals surface area contributed by atoms with Crippen LogP contribution < -0.4 is 0 Å². The molecule has 0 fully saturated rings. The second-order valence-electron chi connectivity index (χ2n) is 28.2. The fourth-order valence-corrected chi connectivity index (χ4v) is 13.5. The number of aliphatic hydroxyl groups excluding tert-OH is 1. The van der Waals surface area contributed by atoms with Crippen molar-refractivity contribution >= 4 is 39.5 Å². The third kappa shape index (κ3) is 70.5. The topological polar surface area (TPSA) is 237 Å². The third-order valence-electron chi connectivity index (χ3n) is 18.0. The van der Waals surface area contributed by atoms with Crippen molar-refractivity contribution in [3.05, 3.63) is 0 Å². The molecule has 570 valence electrons. The SMILES string of the molecule is CCCCCCCCCCCCCCCCCCCCCCCCC(=O)O[C@H](COC(=O)CCCCCCCCCCCCCCC)COP(=O)(O)OC[C@@H](O)COP(=O)(O)OC[C@@H](COC(=O)CCCCCCCCCC(C)C)OC(=O)CCCCCCCCCCCCC. The molecule has 0 aromatic rings. The zero-order valence-electron chi connectivity index (χ0n) is 62.5. The second kappa shape index (κ2) is 70.1. The van der Waals surface area contributed by atoms with Crippen LogP contribution in [-0.4, -0.2) is 96.7 Å². The molecular weight excluding hydrogens is 1260 g/mol. The van der Waals surface area contributed by atoms with Gasteiger partial charge in [-0.1, -0.05) is 356 Å². The maximum absolute atomic E-state index is 13.1. The van der Waals surface area contributed by atoms with Crippen molar-refractivity contribution in [1.29, 1.82) is 0 Å². The highest BCUT2D eigenvalue weighted by Gasteiger charge is 2.30. The van der Waals surface area contributed by atoms with Gasteiger partial charge in [-0.2, -0.15) is 0 Å². The Morgan fingerprint density at radius 3 is 0.708 bits per heavy atom. The molecule has 19 heteroatoms. The van der Waals surface area contributed by atoms with Crippen molar-refractivity contribution in [2.24, 2.45) is 5.92 Å². The van der Waals surface area contributed by atoms with E-state index in [9.17, 15) is 43.2 Å². The van der Waals surface area contributed by atoms with Crippen LogP contribution >= 0.6 is 15.6 Å². The zero-order valence-corrected chi connectivity index (χ0v) is 64.3. The fourth-order valence-electron chi connectivity index (χ4n) is 11.9. The molecule has 0 saturated carbocycles. The molecule has 5 atom stereocenters. The van der Waals surface area contributed by atoms with Gasteiger partial charge in [0, 0.05) is 25.7 Å². The van der Waals surface area contributed by atoms with E-state index in [1.54, 1.807) is 0 Å². The van der Waals surface area contributed by atoms with E-state index < -0.39 is 97.5 Å². The standard InChI is InChI=1S/C77H150O17P2/c1-6-9-12-15-18-21-24-26-27-28-29-30-31-32-33-34-36-39-42-47-53-58-63-77(82)93-72(66-87-74(79)60-55-50-45-40-38-35-25-22-19-16-13-10-7-2)68-91-95(83,84)89-64-71(78)65-90-96(85,86)92-69-73(67-88-75(80)61-56-51-48-43-44-49-54-59-70(4)5)94-76(81)62-57-52-46-41-37-23-20-17-14-11-8-3/h70-73,78H,6-69H2,1-5H3,(H,83,84)(H,85,86)/t71-,72-,73-/m1/s1. The zero-order chi connectivity index (χ0) is 70.5. The number of esters is 4. The minimum atomic E-state index is -4.96. The third-order valence-corrected chi connectivity index (χ3v) is 19.9. The van der Waals surface area contributed by atoms with Crippen LogP contribution in [0.1, 0.15) is 407 Å². The highest BCUT2D eigenvalue weighted by molar-refractivity contribution is 7.47. The minimum Gasteiger partial charge on any atom is -0.462 e. The monoisotopic (exact) mass is 1410 g/mol. The first-order valence-corrected chi connectivity index (χ1v) is 43.1. The molecule has 0 radical (unpaired) electrons. The van der Waals surface area contributed by atoms with Gasteiger partial charge >= 0.3 is 39.5 Å². The van der Waals surface area contributed by atoms with Gasteiger partial charge < -0.3 is 33.8 Å². The van der Waals surface area contributed by atoms with Gasteiger partial charge in [-0.05, 0) is 31.6 Å². The largest absolute Gasteiger partial charge is 0.472 e. The first-order valence-electron chi connectivity index (χ1n) is 40.1. The lowest BCUT2D eigenvalue weighted by atomic mass is 10.0. The molecule has 0 aliphatic carbocycles. The van der Waals surface area contributed by atoms with Gasteiger partial charge in [0.2, 0.25) is 0 Å². The van der Waals surface area contributed by atoms with Gasteiger partial charge in [0.15, 0.2) is 12.2 Å². The molecule has 2 unspecified atom stereocenters. The lowest BCUT2D eigenvalue weighted by Crippen LogP contribution is -2.30.